The molecule has 154 valence electrons. The maximum absolute atomic E-state index is 12.4. The smallest absolute Gasteiger partial charge is 0.254 e. The van der Waals surface area contributed by atoms with Crippen molar-refractivity contribution in [3.8, 4) is 11.5 Å². The molecule has 0 unspecified atom stereocenters. The fraction of sp³-hybridized carbons (Fsp3) is 0.261. The van der Waals surface area contributed by atoms with Crippen molar-refractivity contribution in [3.05, 3.63) is 77.1 Å². The van der Waals surface area contributed by atoms with Crippen LogP contribution >= 0.6 is 0 Å². The molecule has 1 aromatic heterocycles. The van der Waals surface area contributed by atoms with Gasteiger partial charge >= 0.3 is 0 Å². The summed E-state index contributed by atoms with van der Waals surface area (Å²) in [5.41, 5.74) is 3.42. The van der Waals surface area contributed by atoms with Gasteiger partial charge in [0.05, 0.1) is 11.3 Å². The first-order valence-corrected chi connectivity index (χ1v) is 9.97. The van der Waals surface area contributed by atoms with Gasteiger partial charge in [-0.3, -0.25) is 4.79 Å². The summed E-state index contributed by atoms with van der Waals surface area (Å²) >= 11 is 0. The van der Waals surface area contributed by atoms with Crippen LogP contribution < -0.4 is 20.1 Å². The molecule has 0 atom stereocenters. The van der Waals surface area contributed by atoms with Crippen LogP contribution in [0.3, 0.4) is 0 Å². The summed E-state index contributed by atoms with van der Waals surface area (Å²) in [5, 5.41) is 6.13. The first kappa shape index (κ1) is 19.7. The topological polar surface area (TPSA) is 85.4 Å². The van der Waals surface area contributed by atoms with Crippen molar-refractivity contribution in [3.63, 3.8) is 0 Å². The summed E-state index contributed by atoms with van der Waals surface area (Å²) in [6.07, 6.45) is 3.38. The molecule has 0 spiro atoms. The Hall–Kier alpha value is -3.61. The minimum absolute atomic E-state index is 0.150. The van der Waals surface area contributed by atoms with Crippen LogP contribution in [0.2, 0.25) is 0 Å². The van der Waals surface area contributed by atoms with Gasteiger partial charge in [0.2, 0.25) is 12.7 Å². The number of benzene rings is 2. The largest absolute Gasteiger partial charge is 0.454 e. The first-order chi connectivity index (χ1) is 14.7. The summed E-state index contributed by atoms with van der Waals surface area (Å²) in [4.78, 5) is 21.1. The lowest BCUT2D eigenvalue weighted by Crippen LogP contribution is -2.26. The van der Waals surface area contributed by atoms with Crippen LogP contribution in [0.25, 0.3) is 0 Å². The van der Waals surface area contributed by atoms with E-state index in [2.05, 4.69) is 32.7 Å². The number of aromatic nitrogens is 2. The number of fused-ring (bicyclic) bond motifs is 1. The Balaban J connectivity index is 1.27. The molecule has 1 aliphatic heterocycles. The summed E-state index contributed by atoms with van der Waals surface area (Å²) in [7, 11) is 0. The Morgan fingerprint density at radius 2 is 1.90 bits per heavy atom. The number of hydrogen-bond donors (Lipinski definition) is 2. The predicted molar refractivity (Wildman–Crippen MR) is 114 cm³/mol. The maximum Gasteiger partial charge on any atom is 0.254 e. The molecule has 0 saturated carbocycles. The Morgan fingerprint density at radius 1 is 1.07 bits per heavy atom. The number of carbonyl (C=O) groups excluding carboxylic acids is 1. The minimum Gasteiger partial charge on any atom is -0.454 e. The van der Waals surface area contributed by atoms with Gasteiger partial charge in [0, 0.05) is 19.3 Å². The molecule has 3 aromatic rings. The van der Waals surface area contributed by atoms with Gasteiger partial charge in [-0.1, -0.05) is 36.4 Å². The highest BCUT2D eigenvalue weighted by atomic mass is 16.7. The van der Waals surface area contributed by atoms with Crippen LogP contribution in [0.5, 0.6) is 11.5 Å². The predicted octanol–water partition coefficient (Wildman–Crippen LogP) is 3.49. The fourth-order valence-electron chi connectivity index (χ4n) is 3.24. The van der Waals surface area contributed by atoms with Crippen molar-refractivity contribution in [2.75, 3.05) is 18.7 Å². The van der Waals surface area contributed by atoms with E-state index >= 15 is 0 Å². The molecular formula is C23H24N4O3. The van der Waals surface area contributed by atoms with Gasteiger partial charge in [-0.15, -0.1) is 0 Å². The number of carbonyl (C=O) groups is 1. The van der Waals surface area contributed by atoms with E-state index in [0.29, 0.717) is 30.3 Å². The van der Waals surface area contributed by atoms with Gasteiger partial charge in [-0.25, -0.2) is 9.97 Å². The van der Waals surface area contributed by atoms with Gasteiger partial charge in [-0.05, 0) is 43.0 Å². The minimum atomic E-state index is -0.150. The van der Waals surface area contributed by atoms with Crippen molar-refractivity contribution in [1.29, 1.82) is 0 Å². The normalized spacial score (nSPS) is 11.9. The van der Waals surface area contributed by atoms with Crippen molar-refractivity contribution >= 4 is 11.9 Å². The second kappa shape index (κ2) is 9.26. The highest BCUT2D eigenvalue weighted by Gasteiger charge is 2.14. The molecule has 0 saturated heterocycles. The zero-order valence-electron chi connectivity index (χ0n) is 16.9. The molecule has 2 N–H and O–H groups in total. The second-order valence-electron chi connectivity index (χ2n) is 7.08. The monoisotopic (exact) mass is 404 g/mol. The number of nitrogens with one attached hydrogen (secondary N) is 2. The summed E-state index contributed by atoms with van der Waals surface area (Å²) in [6, 6.07) is 16.0. The number of ether oxygens (including phenoxy) is 2. The van der Waals surface area contributed by atoms with Crippen molar-refractivity contribution < 1.29 is 14.3 Å². The van der Waals surface area contributed by atoms with Crippen LogP contribution in [0.1, 0.15) is 33.6 Å². The van der Waals surface area contributed by atoms with Crippen molar-refractivity contribution in [2.45, 2.75) is 26.3 Å². The Labute approximate surface area is 175 Å². The van der Waals surface area contributed by atoms with Crippen LogP contribution in [0.4, 0.5) is 5.95 Å². The number of hydrogen-bond acceptors (Lipinski definition) is 6. The van der Waals surface area contributed by atoms with Gasteiger partial charge in [0.1, 0.15) is 0 Å². The lowest BCUT2D eigenvalue weighted by atomic mass is 10.1. The van der Waals surface area contributed by atoms with Gasteiger partial charge < -0.3 is 20.1 Å². The van der Waals surface area contributed by atoms with E-state index in [1.165, 1.54) is 5.56 Å². The number of amides is 1. The number of aryl methyl sites for hydroxylation is 2. The molecule has 2 aromatic carbocycles. The average molecular weight is 404 g/mol. The lowest BCUT2D eigenvalue weighted by Gasteiger charge is -2.10. The first-order valence-electron chi connectivity index (χ1n) is 9.97. The van der Waals surface area contributed by atoms with Gasteiger partial charge in [-0.2, -0.15) is 0 Å². The SMILES string of the molecule is Cc1nc(NCc2ccc3c(c2)OCO3)ncc1C(=O)NCCCc1ccccc1. The third kappa shape index (κ3) is 4.86. The third-order valence-electron chi connectivity index (χ3n) is 4.88. The van der Waals surface area contributed by atoms with Crippen LogP contribution in [0.15, 0.2) is 54.7 Å². The van der Waals surface area contributed by atoms with Gasteiger partial charge in [0.15, 0.2) is 11.5 Å². The molecular weight excluding hydrogens is 380 g/mol. The third-order valence-corrected chi connectivity index (χ3v) is 4.88. The standard InChI is InChI=1S/C23H24N4O3/c1-16-19(22(28)24-11-5-8-17-6-3-2-4-7-17)14-26-23(27-16)25-13-18-9-10-20-21(12-18)30-15-29-20/h2-4,6-7,9-10,12,14H,5,8,11,13,15H2,1H3,(H,24,28)(H,25,26,27). The van der Waals surface area contributed by atoms with E-state index in [1.54, 1.807) is 6.20 Å². The average Bonchev–Trinajstić information content (AvgIpc) is 3.24. The number of nitrogens with zero attached hydrogens (tertiary/aromatic N) is 2. The van der Waals surface area contributed by atoms with E-state index < -0.39 is 0 Å². The van der Waals surface area contributed by atoms with Crippen molar-refractivity contribution in [1.82, 2.24) is 15.3 Å². The molecule has 4 rings (SSSR count). The highest BCUT2D eigenvalue weighted by molar-refractivity contribution is 5.94. The molecule has 0 bridgehead atoms. The Morgan fingerprint density at radius 3 is 2.73 bits per heavy atom. The van der Waals surface area contributed by atoms with E-state index in [9.17, 15) is 4.79 Å². The zero-order chi connectivity index (χ0) is 20.8. The van der Waals surface area contributed by atoms with E-state index in [0.717, 1.165) is 29.9 Å². The number of anilines is 1. The Kier molecular flexibility index (Phi) is 6.08. The lowest BCUT2D eigenvalue weighted by molar-refractivity contribution is 0.0952. The molecule has 1 amide bonds. The molecule has 7 heteroatoms. The van der Waals surface area contributed by atoms with Crippen LogP contribution in [-0.4, -0.2) is 29.2 Å². The molecule has 0 radical (unpaired) electrons. The Bertz CT molecular complexity index is 1020. The number of rotatable bonds is 8. The molecule has 0 fully saturated rings. The van der Waals surface area contributed by atoms with Crippen molar-refractivity contribution in [2.24, 2.45) is 0 Å². The molecule has 1 aliphatic rings. The summed E-state index contributed by atoms with van der Waals surface area (Å²) in [6.45, 7) is 3.22. The quantitative estimate of drug-likeness (QED) is 0.559. The van der Waals surface area contributed by atoms with Crippen LogP contribution in [0, 0.1) is 6.92 Å². The highest BCUT2D eigenvalue weighted by Crippen LogP contribution is 2.32. The van der Waals surface area contributed by atoms with Crippen LogP contribution in [-0.2, 0) is 13.0 Å². The fourth-order valence-corrected chi connectivity index (χ4v) is 3.24. The summed E-state index contributed by atoms with van der Waals surface area (Å²) in [5.74, 6) is 1.82. The maximum atomic E-state index is 12.4. The second-order valence-corrected chi connectivity index (χ2v) is 7.08. The molecule has 2 heterocycles. The van der Waals surface area contributed by atoms with E-state index in [-0.39, 0.29) is 12.7 Å². The van der Waals surface area contributed by atoms with E-state index in [1.807, 2.05) is 43.3 Å². The zero-order valence-corrected chi connectivity index (χ0v) is 16.9. The molecule has 30 heavy (non-hydrogen) atoms. The molecule has 0 aliphatic carbocycles. The summed E-state index contributed by atoms with van der Waals surface area (Å²) < 4.78 is 10.7. The van der Waals surface area contributed by atoms with Gasteiger partial charge in [0.25, 0.3) is 5.91 Å². The van der Waals surface area contributed by atoms with E-state index in [4.69, 9.17) is 9.47 Å². The molecule has 7 nitrogen and oxygen atoms in total.